The highest BCUT2D eigenvalue weighted by Crippen LogP contribution is 2.32. The fourth-order valence-corrected chi connectivity index (χ4v) is 2.58. The van der Waals surface area contributed by atoms with Crippen molar-refractivity contribution in [2.45, 2.75) is 18.9 Å². The van der Waals surface area contributed by atoms with Gasteiger partial charge in [0.05, 0.1) is 12.4 Å². The molecule has 1 saturated heterocycles. The van der Waals surface area contributed by atoms with Crippen LogP contribution in [0, 0.1) is 5.92 Å². The Kier molecular flexibility index (Phi) is 3.57. The van der Waals surface area contributed by atoms with Crippen LogP contribution in [0.1, 0.15) is 23.4 Å². The minimum absolute atomic E-state index is 0.0348. The number of nitrogens with zero attached hydrogens (tertiary/aromatic N) is 2. The maximum Gasteiger partial charge on any atom is 0.289 e. The molecule has 0 spiro atoms. The summed E-state index contributed by atoms with van der Waals surface area (Å²) in [6.45, 7) is 3.81. The van der Waals surface area contributed by atoms with Crippen molar-refractivity contribution in [3.8, 4) is 0 Å². The van der Waals surface area contributed by atoms with Gasteiger partial charge in [0.15, 0.2) is 5.76 Å². The van der Waals surface area contributed by atoms with Crippen molar-refractivity contribution in [3.05, 3.63) is 24.2 Å². The fourth-order valence-electron chi connectivity index (χ4n) is 2.58. The van der Waals surface area contributed by atoms with Crippen molar-refractivity contribution in [2.24, 2.45) is 5.92 Å². The van der Waals surface area contributed by atoms with E-state index in [-0.39, 0.29) is 12.0 Å². The summed E-state index contributed by atoms with van der Waals surface area (Å²) in [5.74, 6) is 0.890. The number of hydrogen-bond acceptors (Lipinski definition) is 4. The summed E-state index contributed by atoms with van der Waals surface area (Å²) in [6, 6.07) is 3.43. The van der Waals surface area contributed by atoms with E-state index in [0.29, 0.717) is 24.8 Å². The third-order valence-electron chi connectivity index (χ3n) is 4.00. The first-order valence-corrected chi connectivity index (χ1v) is 6.97. The molecule has 0 bridgehead atoms. The highest BCUT2D eigenvalue weighted by atomic mass is 16.3. The molecule has 0 aromatic carbocycles. The molecule has 1 aromatic heterocycles. The molecular weight excluding hydrogens is 244 g/mol. The molecule has 1 aliphatic heterocycles. The van der Waals surface area contributed by atoms with E-state index in [2.05, 4.69) is 4.90 Å². The summed E-state index contributed by atoms with van der Waals surface area (Å²) in [4.78, 5) is 16.1. The number of aliphatic hydroxyl groups is 1. The number of carbonyl (C=O) groups excluding carboxylic acids is 1. The number of β-amino-alcohol motifs (C(OH)–C–C–N with tert-alkyl or cyclic N) is 1. The number of piperazine rings is 1. The maximum absolute atomic E-state index is 12.1. The van der Waals surface area contributed by atoms with Gasteiger partial charge in [-0.25, -0.2) is 0 Å². The Hall–Kier alpha value is -1.33. The third-order valence-corrected chi connectivity index (χ3v) is 4.00. The van der Waals surface area contributed by atoms with Crippen LogP contribution in [0.5, 0.6) is 0 Å². The summed E-state index contributed by atoms with van der Waals surface area (Å²) in [5, 5.41) is 9.93. The lowest BCUT2D eigenvalue weighted by Gasteiger charge is -2.35. The Morgan fingerprint density at radius 2 is 2.11 bits per heavy atom. The Bertz CT molecular complexity index is 420. The summed E-state index contributed by atoms with van der Waals surface area (Å²) in [6.07, 6.45) is 3.67. The largest absolute Gasteiger partial charge is 0.459 e. The number of amides is 1. The average molecular weight is 264 g/mol. The van der Waals surface area contributed by atoms with Gasteiger partial charge in [0.1, 0.15) is 0 Å². The second kappa shape index (κ2) is 5.35. The molecule has 3 rings (SSSR count). The van der Waals surface area contributed by atoms with Crippen LogP contribution in [-0.2, 0) is 0 Å². The van der Waals surface area contributed by atoms with Crippen LogP contribution < -0.4 is 0 Å². The van der Waals surface area contributed by atoms with E-state index in [1.807, 2.05) is 4.90 Å². The molecule has 1 amide bonds. The van der Waals surface area contributed by atoms with Crippen molar-refractivity contribution in [3.63, 3.8) is 0 Å². The van der Waals surface area contributed by atoms with Gasteiger partial charge in [-0.15, -0.1) is 0 Å². The number of rotatable bonds is 4. The van der Waals surface area contributed by atoms with E-state index in [4.69, 9.17) is 4.42 Å². The zero-order valence-corrected chi connectivity index (χ0v) is 11.0. The van der Waals surface area contributed by atoms with E-state index in [1.54, 1.807) is 12.1 Å². The van der Waals surface area contributed by atoms with E-state index < -0.39 is 0 Å². The van der Waals surface area contributed by atoms with Gasteiger partial charge >= 0.3 is 0 Å². The van der Waals surface area contributed by atoms with Gasteiger partial charge in [-0.2, -0.15) is 0 Å². The number of aliphatic hydroxyl groups excluding tert-OH is 1. The SMILES string of the molecule is O=C(c1ccco1)N1CCN(C[C@H](O)C2CC2)CC1. The molecule has 2 heterocycles. The first kappa shape index (κ1) is 12.7. The predicted molar refractivity (Wildman–Crippen MR) is 69.8 cm³/mol. The zero-order chi connectivity index (χ0) is 13.2. The molecule has 1 aliphatic carbocycles. The summed E-state index contributed by atoms with van der Waals surface area (Å²) in [5.41, 5.74) is 0. The van der Waals surface area contributed by atoms with Crippen molar-refractivity contribution in [1.29, 1.82) is 0 Å². The number of furan rings is 1. The molecule has 1 atom stereocenters. The lowest BCUT2D eigenvalue weighted by Crippen LogP contribution is -2.50. The van der Waals surface area contributed by atoms with Crippen molar-refractivity contribution >= 4 is 5.91 Å². The molecule has 5 heteroatoms. The second-order valence-corrected chi connectivity index (χ2v) is 5.47. The molecule has 1 aromatic rings. The average Bonchev–Trinajstić information content (AvgIpc) is 3.14. The molecule has 104 valence electrons. The monoisotopic (exact) mass is 264 g/mol. The van der Waals surface area contributed by atoms with Crippen LogP contribution in [0.25, 0.3) is 0 Å². The van der Waals surface area contributed by atoms with E-state index in [0.717, 1.165) is 32.5 Å². The third kappa shape index (κ3) is 2.98. The van der Waals surface area contributed by atoms with Crippen LogP contribution in [0.4, 0.5) is 0 Å². The minimum atomic E-state index is -0.188. The fraction of sp³-hybridized carbons (Fsp3) is 0.643. The van der Waals surface area contributed by atoms with E-state index in [9.17, 15) is 9.90 Å². The van der Waals surface area contributed by atoms with Gasteiger partial charge < -0.3 is 14.4 Å². The van der Waals surface area contributed by atoms with Crippen LogP contribution in [-0.4, -0.2) is 59.6 Å². The zero-order valence-electron chi connectivity index (χ0n) is 11.0. The number of hydrogen-bond donors (Lipinski definition) is 1. The minimum Gasteiger partial charge on any atom is -0.459 e. The molecule has 5 nitrogen and oxygen atoms in total. The van der Waals surface area contributed by atoms with Crippen molar-refractivity contribution in [1.82, 2.24) is 9.80 Å². The highest BCUT2D eigenvalue weighted by molar-refractivity contribution is 5.91. The van der Waals surface area contributed by atoms with Crippen molar-refractivity contribution in [2.75, 3.05) is 32.7 Å². The summed E-state index contributed by atoms with van der Waals surface area (Å²) < 4.78 is 5.13. The van der Waals surface area contributed by atoms with E-state index >= 15 is 0 Å². The molecule has 1 N–H and O–H groups in total. The first-order valence-electron chi connectivity index (χ1n) is 6.97. The normalized spacial score (nSPS) is 22.5. The Labute approximate surface area is 112 Å². The molecule has 2 fully saturated rings. The molecule has 1 saturated carbocycles. The highest BCUT2D eigenvalue weighted by Gasteiger charge is 2.32. The van der Waals surface area contributed by atoms with Gasteiger partial charge in [0, 0.05) is 32.7 Å². The maximum atomic E-state index is 12.1. The van der Waals surface area contributed by atoms with Crippen LogP contribution >= 0.6 is 0 Å². The Morgan fingerprint density at radius 1 is 1.37 bits per heavy atom. The Morgan fingerprint density at radius 3 is 2.68 bits per heavy atom. The molecule has 2 aliphatic rings. The smallest absolute Gasteiger partial charge is 0.289 e. The van der Waals surface area contributed by atoms with Gasteiger partial charge in [-0.1, -0.05) is 0 Å². The Balaban J connectivity index is 1.47. The van der Waals surface area contributed by atoms with E-state index in [1.165, 1.54) is 6.26 Å². The summed E-state index contributed by atoms with van der Waals surface area (Å²) >= 11 is 0. The van der Waals surface area contributed by atoms with Crippen LogP contribution in [0.2, 0.25) is 0 Å². The lowest BCUT2D eigenvalue weighted by molar-refractivity contribution is 0.0468. The topological polar surface area (TPSA) is 56.9 Å². The lowest BCUT2D eigenvalue weighted by atomic mass is 10.2. The first-order chi connectivity index (χ1) is 9.24. The molecule has 0 unspecified atom stereocenters. The molecule has 19 heavy (non-hydrogen) atoms. The standard InChI is InChI=1S/C14H20N2O3/c17-12(11-3-4-11)10-15-5-7-16(8-6-15)14(18)13-2-1-9-19-13/h1-2,9,11-12,17H,3-8,10H2/t12-/m0/s1. The number of carbonyl (C=O) groups is 1. The van der Waals surface area contributed by atoms with Crippen molar-refractivity contribution < 1.29 is 14.3 Å². The predicted octanol–water partition coefficient (Wildman–Crippen LogP) is 0.808. The molecule has 0 radical (unpaired) electrons. The van der Waals surface area contributed by atoms with Gasteiger partial charge in [0.2, 0.25) is 0 Å². The quantitative estimate of drug-likeness (QED) is 0.874. The van der Waals surface area contributed by atoms with Gasteiger partial charge in [-0.05, 0) is 30.9 Å². The van der Waals surface area contributed by atoms with Crippen LogP contribution in [0.3, 0.4) is 0 Å². The van der Waals surface area contributed by atoms with Crippen LogP contribution in [0.15, 0.2) is 22.8 Å². The summed E-state index contributed by atoms with van der Waals surface area (Å²) in [7, 11) is 0. The van der Waals surface area contributed by atoms with Gasteiger partial charge in [0.25, 0.3) is 5.91 Å². The second-order valence-electron chi connectivity index (χ2n) is 5.47. The van der Waals surface area contributed by atoms with Gasteiger partial charge in [-0.3, -0.25) is 9.69 Å². The molecular formula is C14H20N2O3.